The topological polar surface area (TPSA) is 29.5 Å². The molecule has 1 unspecified atom stereocenters. The van der Waals surface area contributed by atoms with Crippen molar-refractivity contribution in [3.05, 3.63) is 339 Å². The minimum atomic E-state index is 0.258. The molecule has 0 radical (unpaired) electrons. The van der Waals surface area contributed by atoms with E-state index in [4.69, 9.17) is 4.42 Å². The van der Waals surface area contributed by atoms with Crippen molar-refractivity contribution >= 4 is 144 Å². The highest BCUT2D eigenvalue weighted by molar-refractivity contribution is 6.30. The van der Waals surface area contributed by atoms with Crippen molar-refractivity contribution in [3.63, 3.8) is 0 Å². The highest BCUT2D eigenvalue weighted by Crippen LogP contribution is 2.51. The first-order chi connectivity index (χ1) is 46.1. The van der Waals surface area contributed by atoms with Gasteiger partial charge in [-0.3, -0.25) is 0 Å². The molecule has 1 aliphatic rings. The minimum absolute atomic E-state index is 0.258. The number of furan rings is 1. The van der Waals surface area contributed by atoms with E-state index < -0.39 is 0 Å². The molecule has 5 heteroatoms. The Morgan fingerprint density at radius 3 is 1.52 bits per heavy atom. The lowest BCUT2D eigenvalue weighted by Gasteiger charge is -2.30. The van der Waals surface area contributed by atoms with E-state index in [9.17, 15) is 0 Å². The van der Waals surface area contributed by atoms with Crippen LogP contribution in [0, 0.1) is 0 Å². The largest absolute Gasteiger partial charge is 0.456 e. The van der Waals surface area contributed by atoms with E-state index in [-0.39, 0.29) is 5.92 Å². The summed E-state index contributed by atoms with van der Waals surface area (Å²) in [5.41, 5.74) is 20.6. The molecule has 18 rings (SSSR count). The summed E-state index contributed by atoms with van der Waals surface area (Å²) < 4.78 is 11.6. The summed E-state index contributed by atoms with van der Waals surface area (Å²) in [6.07, 6.45) is 13.8. The highest BCUT2D eigenvalue weighted by atomic mass is 16.3. The van der Waals surface area contributed by atoms with E-state index in [1.54, 1.807) is 0 Å². The van der Waals surface area contributed by atoms with Crippen LogP contribution in [0.4, 0.5) is 34.1 Å². The van der Waals surface area contributed by atoms with Gasteiger partial charge in [0.15, 0.2) is 0 Å². The molecule has 93 heavy (non-hydrogen) atoms. The van der Waals surface area contributed by atoms with Gasteiger partial charge in [-0.15, -0.1) is 0 Å². The molecule has 17 aromatic rings. The van der Waals surface area contributed by atoms with Crippen LogP contribution in [-0.4, -0.2) is 9.13 Å². The lowest BCUT2D eigenvalue weighted by Crippen LogP contribution is -2.12. The van der Waals surface area contributed by atoms with Crippen LogP contribution in [0.2, 0.25) is 0 Å². The molecule has 0 saturated carbocycles. The van der Waals surface area contributed by atoms with Crippen molar-refractivity contribution < 1.29 is 4.42 Å². The number of hydrogen-bond donors (Lipinski definition) is 0. The molecule has 0 fully saturated rings. The predicted octanol–water partition coefficient (Wildman–Crippen LogP) is 24.7. The van der Waals surface area contributed by atoms with Crippen LogP contribution < -0.4 is 9.80 Å². The van der Waals surface area contributed by atoms with E-state index in [1.807, 2.05) is 12.2 Å². The molecule has 14 aromatic carbocycles. The second kappa shape index (κ2) is 21.8. The number of para-hydroxylation sites is 3. The molecule has 1 atom stereocenters. The molecule has 3 aromatic heterocycles. The standard InChI is InChI=1S/C88H60N4O/c1-3-57-41-45-63(46-42-57)91-79-39-19-17-35-72(79)77-55-81(70-33-13-15-36-73(70)86(77)91)89(62-27-9-6-10-28-62)65-29-21-25-60(53-65)61-26-22-30-66(54-61)90(80-51-49-67(59-23-7-5-8-24-59)68-31-11-12-32-69(68)80)82-56-78-75-50-52-84-85(76-38-18-20-40-83(76)93-84)88(75)92(64-47-43-58(4-2)44-48-64)87(78)74-37-16-14-34-71(74)82/h3-23,25-56,59H,1-2,24H2. The second-order valence-corrected chi connectivity index (χ2v) is 24.4. The third-order valence-electron chi connectivity index (χ3n) is 19.3. The van der Waals surface area contributed by atoms with Crippen LogP contribution >= 0.6 is 0 Å². The van der Waals surface area contributed by atoms with Gasteiger partial charge in [-0.1, -0.05) is 232 Å². The summed E-state index contributed by atoms with van der Waals surface area (Å²) in [7, 11) is 0. The van der Waals surface area contributed by atoms with Gasteiger partial charge in [-0.25, -0.2) is 0 Å². The summed E-state index contributed by atoms with van der Waals surface area (Å²) in [6.45, 7) is 8.16. The van der Waals surface area contributed by atoms with Gasteiger partial charge in [0.25, 0.3) is 0 Å². The molecule has 0 aliphatic heterocycles. The lowest BCUT2D eigenvalue weighted by atomic mass is 9.88. The fourth-order valence-electron chi connectivity index (χ4n) is 15.1. The van der Waals surface area contributed by atoms with Crippen molar-refractivity contribution in [1.29, 1.82) is 0 Å². The predicted molar refractivity (Wildman–Crippen MR) is 396 cm³/mol. The Hall–Kier alpha value is -12.2. The maximum atomic E-state index is 6.67. The molecule has 0 spiro atoms. The third-order valence-corrected chi connectivity index (χ3v) is 19.3. The van der Waals surface area contributed by atoms with E-state index in [2.05, 4.69) is 342 Å². The van der Waals surface area contributed by atoms with Crippen LogP contribution in [0.3, 0.4) is 0 Å². The third kappa shape index (κ3) is 8.62. The van der Waals surface area contributed by atoms with Crippen molar-refractivity contribution in [2.24, 2.45) is 0 Å². The van der Waals surface area contributed by atoms with Crippen molar-refractivity contribution in [3.8, 4) is 22.5 Å². The van der Waals surface area contributed by atoms with Crippen LogP contribution in [0.1, 0.15) is 29.0 Å². The van der Waals surface area contributed by atoms with E-state index in [0.717, 1.165) is 140 Å². The SMILES string of the molecule is C=Cc1ccc(-n2c3ccccc3c3cc(N(c4ccccc4)c4cccc(-c5cccc(N(c6ccc(C7C=CC=CC7)c7ccccc67)c6cc7c8ccc9oc%10ccccc%10c9c8n(-c8ccc(C=C)cc8)c7c7ccccc67)c5)c4)c4ccccc4c32)cc1. The van der Waals surface area contributed by atoms with Crippen LogP contribution in [0.15, 0.2) is 327 Å². The first-order valence-corrected chi connectivity index (χ1v) is 32.0. The molecule has 438 valence electrons. The first kappa shape index (κ1) is 53.8. The van der Waals surface area contributed by atoms with Crippen LogP contribution in [0.5, 0.6) is 0 Å². The molecule has 0 saturated heterocycles. The number of fused-ring (bicyclic) bond motifs is 15. The Kier molecular flexibility index (Phi) is 12.6. The Morgan fingerprint density at radius 1 is 0.355 bits per heavy atom. The summed E-state index contributed by atoms with van der Waals surface area (Å²) >= 11 is 0. The number of rotatable bonds is 12. The van der Waals surface area contributed by atoms with Crippen molar-refractivity contribution in [2.75, 3.05) is 9.80 Å². The average Bonchev–Trinajstić information content (AvgIpc) is 1.57. The molecule has 1 aliphatic carbocycles. The van der Waals surface area contributed by atoms with Crippen LogP contribution in [0.25, 0.3) is 133 Å². The monoisotopic (exact) mass is 1190 g/mol. The molecule has 0 bridgehead atoms. The number of hydrogen-bond acceptors (Lipinski definition) is 3. The van der Waals surface area contributed by atoms with E-state index in [1.165, 1.54) is 38.0 Å². The number of allylic oxidation sites excluding steroid dienone is 4. The van der Waals surface area contributed by atoms with E-state index >= 15 is 0 Å². The fraction of sp³-hybridized carbons (Fsp3) is 0.0227. The number of anilines is 6. The second-order valence-electron chi connectivity index (χ2n) is 24.4. The van der Waals surface area contributed by atoms with Gasteiger partial charge >= 0.3 is 0 Å². The maximum Gasteiger partial charge on any atom is 0.137 e. The summed E-state index contributed by atoms with van der Waals surface area (Å²) in [5, 5.41) is 13.9. The highest BCUT2D eigenvalue weighted by Gasteiger charge is 2.28. The van der Waals surface area contributed by atoms with Gasteiger partial charge in [0.05, 0.1) is 44.5 Å². The van der Waals surface area contributed by atoms with Gasteiger partial charge in [0.2, 0.25) is 0 Å². The normalized spacial score (nSPS) is 13.2. The van der Waals surface area contributed by atoms with Gasteiger partial charge < -0.3 is 23.4 Å². The molecular weight excluding hydrogens is 1130 g/mol. The Labute approximate surface area is 538 Å². The van der Waals surface area contributed by atoms with Gasteiger partial charge in [-0.05, 0) is 143 Å². The van der Waals surface area contributed by atoms with Crippen molar-refractivity contribution in [2.45, 2.75) is 12.3 Å². The van der Waals surface area contributed by atoms with Crippen LogP contribution in [-0.2, 0) is 0 Å². The van der Waals surface area contributed by atoms with Gasteiger partial charge in [0.1, 0.15) is 11.2 Å². The zero-order chi connectivity index (χ0) is 61.7. The lowest BCUT2D eigenvalue weighted by molar-refractivity contribution is 0.669. The number of benzene rings is 14. The zero-order valence-corrected chi connectivity index (χ0v) is 51.0. The fourth-order valence-corrected chi connectivity index (χ4v) is 15.1. The van der Waals surface area contributed by atoms with Crippen molar-refractivity contribution in [1.82, 2.24) is 9.13 Å². The Bertz CT molecular complexity index is 5960. The van der Waals surface area contributed by atoms with E-state index in [0.29, 0.717) is 0 Å². The minimum Gasteiger partial charge on any atom is -0.456 e. The number of nitrogens with zero attached hydrogens (tertiary/aromatic N) is 4. The quantitative estimate of drug-likeness (QED) is 0.122. The smallest absolute Gasteiger partial charge is 0.137 e. The van der Waals surface area contributed by atoms with Gasteiger partial charge in [-0.2, -0.15) is 0 Å². The zero-order valence-electron chi connectivity index (χ0n) is 51.0. The number of aromatic nitrogens is 2. The summed E-state index contributed by atoms with van der Waals surface area (Å²) in [6, 6.07) is 105. The molecule has 0 amide bonds. The maximum absolute atomic E-state index is 6.67. The molecule has 0 N–H and O–H groups in total. The first-order valence-electron chi connectivity index (χ1n) is 32.0. The summed E-state index contributed by atoms with van der Waals surface area (Å²) in [5.74, 6) is 0.258. The summed E-state index contributed by atoms with van der Waals surface area (Å²) in [4.78, 5) is 4.98. The average molecular weight is 1190 g/mol. The van der Waals surface area contributed by atoms with Gasteiger partial charge in [0, 0.05) is 88.2 Å². The molecular formula is C88H60N4O. The molecule has 5 nitrogen and oxygen atoms in total. The molecule has 3 heterocycles. The Balaban J connectivity index is 0.863. The Morgan fingerprint density at radius 2 is 0.871 bits per heavy atom.